The van der Waals surface area contributed by atoms with E-state index in [9.17, 15) is 9.59 Å². The second-order valence-corrected chi connectivity index (χ2v) is 10.2. The zero-order chi connectivity index (χ0) is 19.9. The molecule has 4 aliphatic rings. The van der Waals surface area contributed by atoms with Crippen LogP contribution in [0.2, 0.25) is 0 Å². The van der Waals surface area contributed by atoms with Crippen LogP contribution in [0.25, 0.3) is 0 Å². The fourth-order valence-electron chi connectivity index (χ4n) is 7.55. The molecule has 0 amide bonds. The van der Waals surface area contributed by atoms with Gasteiger partial charge in [0.2, 0.25) is 0 Å². The molecule has 4 rings (SSSR count). The molecule has 0 radical (unpaired) electrons. The number of carboxylic acid groups (broad SMARTS) is 1. The predicted octanol–water partition coefficient (Wildman–Crippen LogP) is 5.22. The van der Waals surface area contributed by atoms with Crippen LogP contribution in [0.4, 0.5) is 0 Å². The van der Waals surface area contributed by atoms with Gasteiger partial charge >= 0.3 is 11.9 Å². The fourth-order valence-corrected chi connectivity index (χ4v) is 7.55. The molecule has 4 aliphatic carbocycles. The van der Waals surface area contributed by atoms with Gasteiger partial charge in [-0.25, -0.2) is 0 Å². The average molecular weight is 389 g/mol. The summed E-state index contributed by atoms with van der Waals surface area (Å²) in [6.07, 6.45) is 15.8. The summed E-state index contributed by atoms with van der Waals surface area (Å²) >= 11 is 0. The lowest BCUT2D eigenvalue weighted by Gasteiger charge is -2.57. The maximum atomic E-state index is 11.4. The number of aliphatic carboxylic acids is 1. The van der Waals surface area contributed by atoms with Gasteiger partial charge in [-0.3, -0.25) is 9.59 Å². The van der Waals surface area contributed by atoms with Crippen molar-refractivity contribution in [2.75, 3.05) is 0 Å². The Morgan fingerprint density at radius 3 is 2.64 bits per heavy atom. The van der Waals surface area contributed by atoms with Crippen LogP contribution in [-0.4, -0.2) is 23.1 Å². The molecule has 0 aromatic heterocycles. The van der Waals surface area contributed by atoms with E-state index in [0.29, 0.717) is 35.5 Å². The molecule has 0 spiro atoms. The molecule has 156 valence electrons. The highest BCUT2D eigenvalue weighted by atomic mass is 16.5. The number of allylic oxidation sites excluding steroid dienone is 2. The highest BCUT2D eigenvalue weighted by Gasteiger charge is 2.55. The van der Waals surface area contributed by atoms with E-state index in [1.165, 1.54) is 39.0 Å². The van der Waals surface area contributed by atoms with Crippen molar-refractivity contribution in [2.45, 2.75) is 84.2 Å². The Morgan fingerprint density at radius 1 is 1.11 bits per heavy atom. The van der Waals surface area contributed by atoms with Crippen molar-refractivity contribution in [3.8, 4) is 0 Å². The second kappa shape index (κ2) is 7.84. The first-order valence-corrected chi connectivity index (χ1v) is 11.5. The third-order valence-electron chi connectivity index (χ3n) is 8.85. The van der Waals surface area contributed by atoms with Crippen LogP contribution in [-0.2, 0) is 14.3 Å². The molecule has 3 saturated carbocycles. The Balaban J connectivity index is 1.44. The summed E-state index contributed by atoms with van der Waals surface area (Å²) in [5.74, 6) is 3.50. The average Bonchev–Trinajstić information content (AvgIpc) is 3.05. The van der Waals surface area contributed by atoms with Crippen LogP contribution in [0.5, 0.6) is 0 Å². The molecule has 0 bridgehead atoms. The molecule has 3 fully saturated rings. The molecular formula is C24H36O4. The summed E-state index contributed by atoms with van der Waals surface area (Å²) < 4.78 is 5.56. The van der Waals surface area contributed by atoms with Gasteiger partial charge in [-0.1, -0.05) is 19.1 Å². The lowest BCUT2D eigenvalue weighted by atomic mass is 9.48. The van der Waals surface area contributed by atoms with E-state index in [-0.39, 0.29) is 12.1 Å². The van der Waals surface area contributed by atoms with E-state index >= 15 is 0 Å². The van der Waals surface area contributed by atoms with Crippen molar-refractivity contribution in [1.29, 1.82) is 0 Å². The number of carbonyl (C=O) groups excluding carboxylic acids is 1. The van der Waals surface area contributed by atoms with Crippen molar-refractivity contribution in [3.63, 3.8) is 0 Å². The summed E-state index contributed by atoms with van der Waals surface area (Å²) in [5, 5.41) is 8.94. The van der Waals surface area contributed by atoms with Crippen molar-refractivity contribution >= 4 is 11.9 Å². The SMILES string of the molecule is CC(=O)O[C@@H]1CC[C@@]2(C)[C@H](CC[C@H]3[C@@H]4CCC(CCCC(=O)O)C4C=C[C@@H]32)C1. The Labute approximate surface area is 169 Å². The predicted molar refractivity (Wildman–Crippen MR) is 108 cm³/mol. The first-order chi connectivity index (χ1) is 13.4. The van der Waals surface area contributed by atoms with Gasteiger partial charge in [0.05, 0.1) is 0 Å². The molecule has 0 aromatic rings. The minimum Gasteiger partial charge on any atom is -0.481 e. The van der Waals surface area contributed by atoms with Gasteiger partial charge in [0.1, 0.15) is 6.10 Å². The van der Waals surface area contributed by atoms with Gasteiger partial charge in [0, 0.05) is 13.3 Å². The molecule has 8 atom stereocenters. The summed E-state index contributed by atoms with van der Waals surface area (Å²) in [5.41, 5.74) is 0.350. The third-order valence-corrected chi connectivity index (χ3v) is 8.85. The van der Waals surface area contributed by atoms with Crippen LogP contribution < -0.4 is 0 Å². The topological polar surface area (TPSA) is 63.6 Å². The molecular weight excluding hydrogens is 352 g/mol. The van der Waals surface area contributed by atoms with Gasteiger partial charge in [-0.15, -0.1) is 0 Å². The molecule has 0 saturated heterocycles. The van der Waals surface area contributed by atoms with Crippen LogP contribution in [0.3, 0.4) is 0 Å². The van der Waals surface area contributed by atoms with Crippen molar-refractivity contribution in [1.82, 2.24) is 0 Å². The molecule has 1 N–H and O–H groups in total. The number of rotatable bonds is 5. The fraction of sp³-hybridized carbons (Fsp3) is 0.833. The van der Waals surface area contributed by atoms with E-state index < -0.39 is 5.97 Å². The maximum absolute atomic E-state index is 11.4. The Morgan fingerprint density at radius 2 is 1.89 bits per heavy atom. The number of hydrogen-bond acceptors (Lipinski definition) is 3. The van der Waals surface area contributed by atoms with E-state index in [4.69, 9.17) is 9.84 Å². The lowest BCUT2D eigenvalue weighted by molar-refractivity contribution is -0.154. The Bertz CT molecular complexity index is 641. The molecule has 0 aromatic carbocycles. The lowest BCUT2D eigenvalue weighted by Crippen LogP contribution is -2.50. The van der Waals surface area contributed by atoms with E-state index in [2.05, 4.69) is 19.1 Å². The van der Waals surface area contributed by atoms with E-state index in [0.717, 1.165) is 37.5 Å². The van der Waals surface area contributed by atoms with Crippen LogP contribution in [0.1, 0.15) is 78.1 Å². The largest absolute Gasteiger partial charge is 0.481 e. The molecule has 2 unspecified atom stereocenters. The monoisotopic (exact) mass is 388 g/mol. The van der Waals surface area contributed by atoms with Crippen molar-refractivity contribution in [2.24, 2.45) is 40.9 Å². The van der Waals surface area contributed by atoms with E-state index in [1.54, 1.807) is 0 Å². The summed E-state index contributed by atoms with van der Waals surface area (Å²) in [6.45, 7) is 4.03. The third kappa shape index (κ3) is 3.64. The quantitative estimate of drug-likeness (QED) is 0.518. The zero-order valence-corrected chi connectivity index (χ0v) is 17.4. The Kier molecular flexibility index (Phi) is 5.59. The summed E-state index contributed by atoms with van der Waals surface area (Å²) in [7, 11) is 0. The standard InChI is InChI=1S/C24H36O4/c1-15(25)28-18-12-13-24(2)17(14-18)7-9-21-20-8-6-16(4-3-5-23(26)27)19(20)10-11-22(21)24/h10-11,16-22H,3-9,12-14H2,1-2H3,(H,26,27)/t16?,17-,18-,19?,20-,21+,22+,24+/m1/s1. The number of hydrogen-bond donors (Lipinski definition) is 1. The normalized spacial score (nSPS) is 44.3. The van der Waals surface area contributed by atoms with Gasteiger partial charge in [-0.05, 0) is 98.7 Å². The minimum absolute atomic E-state index is 0.123. The number of fused-ring (bicyclic) bond motifs is 5. The molecule has 0 heterocycles. The Hall–Kier alpha value is -1.32. The second-order valence-electron chi connectivity index (χ2n) is 10.2. The molecule has 4 nitrogen and oxygen atoms in total. The highest BCUT2D eigenvalue weighted by molar-refractivity contribution is 5.66. The van der Waals surface area contributed by atoms with Crippen molar-refractivity contribution < 1.29 is 19.4 Å². The van der Waals surface area contributed by atoms with Crippen LogP contribution in [0, 0.1) is 40.9 Å². The van der Waals surface area contributed by atoms with Gasteiger partial charge in [0.25, 0.3) is 0 Å². The number of esters is 1. The summed E-state index contributed by atoms with van der Waals surface area (Å²) in [6, 6.07) is 0. The van der Waals surface area contributed by atoms with Crippen LogP contribution in [0.15, 0.2) is 12.2 Å². The minimum atomic E-state index is -0.663. The molecule has 4 heteroatoms. The van der Waals surface area contributed by atoms with Crippen molar-refractivity contribution in [3.05, 3.63) is 12.2 Å². The van der Waals surface area contributed by atoms with Gasteiger partial charge < -0.3 is 9.84 Å². The molecule has 0 aliphatic heterocycles. The number of ether oxygens (including phenoxy) is 1. The van der Waals surface area contributed by atoms with Crippen LogP contribution >= 0.6 is 0 Å². The smallest absolute Gasteiger partial charge is 0.303 e. The van der Waals surface area contributed by atoms with E-state index in [1.807, 2.05) is 0 Å². The highest BCUT2D eigenvalue weighted by Crippen LogP contribution is 2.62. The molecule has 28 heavy (non-hydrogen) atoms. The maximum Gasteiger partial charge on any atom is 0.303 e. The number of carbonyl (C=O) groups is 2. The summed E-state index contributed by atoms with van der Waals surface area (Å²) in [4.78, 5) is 22.2. The van der Waals surface area contributed by atoms with Gasteiger partial charge in [-0.2, -0.15) is 0 Å². The number of carboxylic acids is 1. The van der Waals surface area contributed by atoms with Gasteiger partial charge in [0.15, 0.2) is 0 Å². The first-order valence-electron chi connectivity index (χ1n) is 11.5. The zero-order valence-electron chi connectivity index (χ0n) is 17.4. The first kappa shape index (κ1) is 20.0.